The van der Waals surface area contributed by atoms with Gasteiger partial charge >= 0.3 is 17.8 Å². The summed E-state index contributed by atoms with van der Waals surface area (Å²) in [7, 11) is 0. The summed E-state index contributed by atoms with van der Waals surface area (Å²) in [5, 5.41) is 22.0. The minimum absolute atomic E-state index is 0.196. The van der Waals surface area contributed by atoms with Crippen LogP contribution >= 0.6 is 11.6 Å². The first-order valence-electron chi connectivity index (χ1n) is 10.6. The molecule has 0 aliphatic heterocycles. The van der Waals surface area contributed by atoms with Crippen LogP contribution in [0.2, 0.25) is 5.02 Å². The molecule has 0 spiro atoms. The molecular weight excluding hydrogens is 474 g/mol. The molecular formula is C24H24ClN5O5. The molecule has 0 fully saturated rings. The van der Waals surface area contributed by atoms with Gasteiger partial charge in [-0.3, -0.25) is 20.0 Å². The van der Waals surface area contributed by atoms with Gasteiger partial charge in [-0.05, 0) is 47.4 Å². The van der Waals surface area contributed by atoms with Crippen LogP contribution in [0.25, 0.3) is 11.1 Å². The van der Waals surface area contributed by atoms with E-state index < -0.39 is 29.9 Å². The maximum absolute atomic E-state index is 12.4. The van der Waals surface area contributed by atoms with Gasteiger partial charge in [0.15, 0.2) is 6.10 Å². The maximum Gasteiger partial charge on any atom is 0.332 e. The van der Waals surface area contributed by atoms with Crippen molar-refractivity contribution in [3.63, 3.8) is 0 Å². The minimum atomic E-state index is -1.71. The van der Waals surface area contributed by atoms with Crippen LogP contribution in [-0.4, -0.2) is 45.1 Å². The number of carbonyl (C=O) groups is 3. The number of hydrogen-bond donors (Lipinski definition) is 6. The normalized spacial score (nSPS) is 12.3. The molecule has 0 unspecified atom stereocenters. The van der Waals surface area contributed by atoms with Crippen molar-refractivity contribution in [1.29, 1.82) is 0 Å². The predicted octanol–water partition coefficient (Wildman–Crippen LogP) is 1.91. The van der Waals surface area contributed by atoms with Gasteiger partial charge in [-0.15, -0.1) is 5.53 Å². The van der Waals surface area contributed by atoms with E-state index in [-0.39, 0.29) is 12.8 Å². The summed E-state index contributed by atoms with van der Waals surface area (Å²) in [6.45, 7) is 0. The molecule has 0 aliphatic rings. The van der Waals surface area contributed by atoms with Crippen molar-refractivity contribution in [3.8, 4) is 11.1 Å². The molecule has 0 saturated heterocycles. The highest BCUT2D eigenvalue weighted by molar-refractivity contribution is 6.35. The van der Waals surface area contributed by atoms with Gasteiger partial charge in [0.05, 0.1) is 5.69 Å². The standard InChI is InChI=1S/C24H24ClN5O5/c25-18-3-1-2-17(13-18)16-6-4-15(5-7-16)12-20(14-21(31)24(34)35)27-22(32)23(33)29-30-28-19-8-10-26-11-9-19/h1-11,13,20-21,30-31H,12,14H2,(H,26,28)(H,27,32)(H,29,33)(H,34,35)/t20-,21-/m1/s1. The third-order valence-corrected chi connectivity index (χ3v) is 5.23. The summed E-state index contributed by atoms with van der Waals surface area (Å²) in [5.41, 5.74) is 10.5. The summed E-state index contributed by atoms with van der Waals surface area (Å²) in [4.78, 5) is 39.5. The number of aliphatic carboxylic acids is 1. The summed E-state index contributed by atoms with van der Waals surface area (Å²) in [6.07, 6.45) is 1.28. The van der Waals surface area contributed by atoms with Crippen molar-refractivity contribution < 1.29 is 24.6 Å². The molecule has 0 saturated carbocycles. The number of aliphatic hydroxyl groups is 1. The fraction of sp³-hybridized carbons (Fsp3) is 0.167. The number of amides is 2. The van der Waals surface area contributed by atoms with Crippen molar-refractivity contribution in [1.82, 2.24) is 21.3 Å². The number of benzene rings is 2. The number of carbonyl (C=O) groups excluding carboxylic acids is 2. The number of nitrogens with one attached hydrogen (secondary N) is 4. The number of pyridine rings is 1. The Morgan fingerprint density at radius 1 is 0.943 bits per heavy atom. The number of halogens is 1. The van der Waals surface area contributed by atoms with Gasteiger partial charge in [-0.2, -0.15) is 0 Å². The van der Waals surface area contributed by atoms with Crippen molar-refractivity contribution in [2.45, 2.75) is 25.0 Å². The van der Waals surface area contributed by atoms with Crippen molar-refractivity contribution in [3.05, 3.63) is 83.6 Å². The number of carboxylic acid groups (broad SMARTS) is 1. The SMILES string of the molecule is O=C(NNNc1ccncc1)C(=O)N[C@H](Cc1ccc(-c2cccc(Cl)c2)cc1)C[C@@H](O)C(=O)O. The predicted molar refractivity (Wildman–Crippen MR) is 130 cm³/mol. The fourth-order valence-electron chi connectivity index (χ4n) is 3.25. The van der Waals surface area contributed by atoms with Crippen LogP contribution in [0.4, 0.5) is 5.69 Å². The van der Waals surface area contributed by atoms with Crippen molar-refractivity contribution in [2.24, 2.45) is 0 Å². The second-order valence-electron chi connectivity index (χ2n) is 7.61. The molecule has 1 heterocycles. The highest BCUT2D eigenvalue weighted by Gasteiger charge is 2.24. The lowest BCUT2D eigenvalue weighted by molar-refractivity contribution is -0.147. The molecule has 35 heavy (non-hydrogen) atoms. The van der Waals surface area contributed by atoms with E-state index in [9.17, 15) is 19.5 Å². The van der Waals surface area contributed by atoms with Gasteiger partial charge in [0, 0.05) is 29.9 Å². The number of carboxylic acids is 1. The molecule has 3 aromatic rings. The Hall–Kier alpha value is -3.99. The smallest absolute Gasteiger partial charge is 0.332 e. The average Bonchev–Trinajstić information content (AvgIpc) is 2.85. The van der Waals surface area contributed by atoms with E-state index in [0.717, 1.165) is 16.7 Å². The third-order valence-electron chi connectivity index (χ3n) is 4.99. The number of aromatic nitrogens is 1. The van der Waals surface area contributed by atoms with Gasteiger partial charge in [-0.1, -0.05) is 48.0 Å². The Kier molecular flexibility index (Phi) is 9.13. The molecule has 1 aromatic heterocycles. The van der Waals surface area contributed by atoms with E-state index in [4.69, 9.17) is 16.7 Å². The Labute approximate surface area is 206 Å². The van der Waals surface area contributed by atoms with Gasteiger partial charge in [0.1, 0.15) is 0 Å². The van der Waals surface area contributed by atoms with Crippen LogP contribution in [0.3, 0.4) is 0 Å². The summed E-state index contributed by atoms with van der Waals surface area (Å²) in [5.74, 6) is -3.42. The van der Waals surface area contributed by atoms with Crippen molar-refractivity contribution in [2.75, 3.05) is 5.43 Å². The Morgan fingerprint density at radius 2 is 1.66 bits per heavy atom. The van der Waals surface area contributed by atoms with E-state index >= 15 is 0 Å². The van der Waals surface area contributed by atoms with Gasteiger partial charge in [0.2, 0.25) is 0 Å². The molecule has 182 valence electrons. The van der Waals surface area contributed by atoms with Crippen LogP contribution in [-0.2, 0) is 20.8 Å². The van der Waals surface area contributed by atoms with Crippen molar-refractivity contribution >= 4 is 35.1 Å². The molecule has 0 radical (unpaired) electrons. The second kappa shape index (κ2) is 12.5. The Morgan fingerprint density at radius 3 is 2.31 bits per heavy atom. The summed E-state index contributed by atoms with van der Waals surface area (Å²) >= 11 is 6.05. The zero-order valence-corrected chi connectivity index (χ0v) is 19.2. The molecule has 11 heteroatoms. The number of anilines is 1. The zero-order chi connectivity index (χ0) is 25.2. The molecule has 0 aliphatic carbocycles. The third kappa shape index (κ3) is 8.07. The first-order valence-corrected chi connectivity index (χ1v) is 11.0. The second-order valence-corrected chi connectivity index (χ2v) is 8.05. The van der Waals surface area contributed by atoms with Crippen LogP contribution in [0, 0.1) is 0 Å². The largest absolute Gasteiger partial charge is 0.479 e. The van der Waals surface area contributed by atoms with Gasteiger partial charge in [0.25, 0.3) is 0 Å². The lowest BCUT2D eigenvalue weighted by Gasteiger charge is -2.20. The molecule has 6 N–H and O–H groups in total. The van der Waals surface area contributed by atoms with Gasteiger partial charge in [-0.25, -0.2) is 4.79 Å². The Balaban J connectivity index is 1.61. The number of rotatable bonds is 10. The summed E-state index contributed by atoms with van der Waals surface area (Å²) in [6, 6.07) is 17.2. The van der Waals surface area contributed by atoms with E-state index in [1.165, 1.54) is 0 Å². The molecule has 10 nitrogen and oxygen atoms in total. The molecule has 2 amide bonds. The van der Waals surface area contributed by atoms with Crippen LogP contribution < -0.4 is 21.7 Å². The van der Waals surface area contributed by atoms with E-state index in [1.54, 1.807) is 30.6 Å². The molecule has 2 aromatic carbocycles. The minimum Gasteiger partial charge on any atom is -0.479 e. The quantitative estimate of drug-likeness (QED) is 0.183. The molecule has 2 atom stereocenters. The Bertz CT molecular complexity index is 1160. The first kappa shape index (κ1) is 25.6. The highest BCUT2D eigenvalue weighted by atomic mass is 35.5. The van der Waals surface area contributed by atoms with Gasteiger partial charge < -0.3 is 21.0 Å². The van der Waals surface area contributed by atoms with E-state index in [1.807, 2.05) is 42.5 Å². The monoisotopic (exact) mass is 497 g/mol. The zero-order valence-electron chi connectivity index (χ0n) is 18.4. The highest BCUT2D eigenvalue weighted by Crippen LogP contribution is 2.23. The van der Waals surface area contributed by atoms with Crippen LogP contribution in [0.1, 0.15) is 12.0 Å². The number of hydrogen-bond acceptors (Lipinski definition) is 7. The van der Waals surface area contributed by atoms with E-state index in [0.29, 0.717) is 10.7 Å². The number of nitrogens with zero attached hydrogens (tertiary/aromatic N) is 1. The molecule has 3 rings (SSSR count). The number of aliphatic hydroxyl groups excluding tert-OH is 1. The van der Waals surface area contributed by atoms with E-state index in [2.05, 4.69) is 26.7 Å². The lowest BCUT2D eigenvalue weighted by Crippen LogP contribution is -2.51. The summed E-state index contributed by atoms with van der Waals surface area (Å²) < 4.78 is 0. The average molecular weight is 498 g/mol. The lowest BCUT2D eigenvalue weighted by atomic mass is 9.98. The van der Waals surface area contributed by atoms with Crippen LogP contribution in [0.15, 0.2) is 73.1 Å². The topological polar surface area (TPSA) is 153 Å². The number of hydrazine groups is 2. The van der Waals surface area contributed by atoms with Crippen LogP contribution in [0.5, 0.6) is 0 Å². The molecule has 0 bridgehead atoms. The maximum atomic E-state index is 12.4. The first-order chi connectivity index (χ1) is 16.8. The fourth-order valence-corrected chi connectivity index (χ4v) is 3.44.